The second-order valence-corrected chi connectivity index (χ2v) is 5.20. The zero-order valence-corrected chi connectivity index (χ0v) is 16.6. The number of aliphatic imine (C=N–C) groups is 1. The van der Waals surface area contributed by atoms with Gasteiger partial charge in [0.25, 0.3) is 0 Å². The molecule has 0 bridgehead atoms. The highest BCUT2D eigenvalue weighted by Gasteiger charge is 2.01. The number of amides is 1. The minimum absolute atomic E-state index is 0. The van der Waals surface area contributed by atoms with Crippen LogP contribution in [0.5, 0.6) is 0 Å². The second-order valence-electron chi connectivity index (χ2n) is 5.20. The Morgan fingerprint density at radius 2 is 1.78 bits per heavy atom. The van der Waals surface area contributed by atoms with Gasteiger partial charge in [-0.2, -0.15) is 0 Å². The molecule has 23 heavy (non-hydrogen) atoms. The van der Waals surface area contributed by atoms with Gasteiger partial charge >= 0.3 is 0 Å². The highest BCUT2D eigenvalue weighted by molar-refractivity contribution is 14.0. The van der Waals surface area contributed by atoms with Crippen molar-refractivity contribution in [3.05, 3.63) is 29.8 Å². The molecule has 0 aliphatic carbocycles. The SMILES string of the molecule is CCCCNC(=NC)NCc1ccc(NC(=O)CCC)cc1.I. The molecule has 1 amide bonds. The third-order valence-electron chi connectivity index (χ3n) is 3.22. The van der Waals surface area contributed by atoms with E-state index in [1.54, 1.807) is 7.05 Å². The fourth-order valence-electron chi connectivity index (χ4n) is 1.95. The zero-order valence-electron chi connectivity index (χ0n) is 14.3. The molecule has 0 aromatic heterocycles. The van der Waals surface area contributed by atoms with Gasteiger partial charge in [0.15, 0.2) is 5.96 Å². The summed E-state index contributed by atoms with van der Waals surface area (Å²) in [5, 5.41) is 9.44. The molecular weight excluding hydrogens is 403 g/mol. The molecule has 0 unspecified atom stereocenters. The van der Waals surface area contributed by atoms with Gasteiger partial charge in [-0.15, -0.1) is 24.0 Å². The molecule has 0 aliphatic heterocycles. The molecule has 0 heterocycles. The van der Waals surface area contributed by atoms with E-state index in [1.165, 1.54) is 0 Å². The molecule has 0 atom stereocenters. The monoisotopic (exact) mass is 432 g/mol. The van der Waals surface area contributed by atoms with E-state index < -0.39 is 0 Å². The lowest BCUT2D eigenvalue weighted by atomic mass is 10.2. The maximum atomic E-state index is 11.5. The van der Waals surface area contributed by atoms with Crippen molar-refractivity contribution in [1.29, 1.82) is 0 Å². The van der Waals surface area contributed by atoms with Crippen molar-refractivity contribution >= 4 is 41.5 Å². The normalized spacial score (nSPS) is 10.7. The number of rotatable bonds is 8. The van der Waals surface area contributed by atoms with Crippen molar-refractivity contribution in [1.82, 2.24) is 10.6 Å². The van der Waals surface area contributed by atoms with Crippen LogP contribution >= 0.6 is 24.0 Å². The molecule has 1 rings (SSSR count). The molecule has 6 heteroatoms. The van der Waals surface area contributed by atoms with Gasteiger partial charge in [0.2, 0.25) is 5.91 Å². The molecule has 3 N–H and O–H groups in total. The maximum Gasteiger partial charge on any atom is 0.224 e. The number of benzene rings is 1. The van der Waals surface area contributed by atoms with Crippen LogP contribution in [0.2, 0.25) is 0 Å². The fourth-order valence-corrected chi connectivity index (χ4v) is 1.95. The summed E-state index contributed by atoms with van der Waals surface area (Å²) >= 11 is 0. The summed E-state index contributed by atoms with van der Waals surface area (Å²) in [7, 11) is 1.77. The first-order valence-corrected chi connectivity index (χ1v) is 8.02. The van der Waals surface area contributed by atoms with Gasteiger partial charge in [-0.25, -0.2) is 0 Å². The topological polar surface area (TPSA) is 65.5 Å². The maximum absolute atomic E-state index is 11.5. The van der Waals surface area contributed by atoms with E-state index in [4.69, 9.17) is 0 Å². The second kappa shape index (κ2) is 13.2. The number of hydrogen-bond acceptors (Lipinski definition) is 2. The Bertz CT molecular complexity index is 474. The van der Waals surface area contributed by atoms with Crippen LogP contribution in [0.25, 0.3) is 0 Å². The van der Waals surface area contributed by atoms with E-state index in [9.17, 15) is 4.79 Å². The highest BCUT2D eigenvalue weighted by Crippen LogP contribution is 2.10. The van der Waals surface area contributed by atoms with Gasteiger partial charge in [0, 0.05) is 32.2 Å². The largest absolute Gasteiger partial charge is 0.356 e. The Morgan fingerprint density at radius 1 is 1.09 bits per heavy atom. The van der Waals surface area contributed by atoms with Gasteiger partial charge in [-0.3, -0.25) is 9.79 Å². The summed E-state index contributed by atoms with van der Waals surface area (Å²) in [6.07, 6.45) is 3.71. The molecule has 0 fully saturated rings. The predicted octanol–water partition coefficient (Wildman–Crippen LogP) is 3.51. The highest BCUT2D eigenvalue weighted by atomic mass is 127. The predicted molar refractivity (Wildman–Crippen MR) is 109 cm³/mol. The van der Waals surface area contributed by atoms with Gasteiger partial charge in [0.1, 0.15) is 0 Å². The first-order valence-electron chi connectivity index (χ1n) is 8.02. The van der Waals surface area contributed by atoms with Crippen LogP contribution in [0.4, 0.5) is 5.69 Å². The molecule has 1 aromatic rings. The van der Waals surface area contributed by atoms with Crippen LogP contribution in [0.15, 0.2) is 29.3 Å². The molecule has 0 radical (unpaired) electrons. The third-order valence-corrected chi connectivity index (χ3v) is 3.22. The van der Waals surface area contributed by atoms with Crippen molar-refractivity contribution in [2.24, 2.45) is 4.99 Å². The standard InChI is InChI=1S/C17H28N4O.HI/c1-4-6-12-19-17(18-3)20-13-14-8-10-15(11-9-14)21-16(22)7-5-2;/h8-11H,4-7,12-13H2,1-3H3,(H,21,22)(H2,18,19,20);1H. The Kier molecular flexibility index (Phi) is 12.4. The van der Waals surface area contributed by atoms with Crippen molar-refractivity contribution in [2.75, 3.05) is 18.9 Å². The number of anilines is 1. The van der Waals surface area contributed by atoms with Crippen LogP contribution in [0.3, 0.4) is 0 Å². The zero-order chi connectivity index (χ0) is 16.2. The Morgan fingerprint density at radius 3 is 2.35 bits per heavy atom. The number of nitrogens with zero attached hydrogens (tertiary/aromatic N) is 1. The number of guanidine groups is 1. The molecule has 5 nitrogen and oxygen atoms in total. The van der Waals surface area contributed by atoms with Crippen LogP contribution in [0.1, 0.15) is 45.1 Å². The molecule has 0 saturated carbocycles. The van der Waals surface area contributed by atoms with E-state index in [0.717, 1.165) is 43.0 Å². The van der Waals surface area contributed by atoms with E-state index >= 15 is 0 Å². The molecule has 0 aliphatic rings. The van der Waals surface area contributed by atoms with Crippen LogP contribution in [-0.2, 0) is 11.3 Å². The van der Waals surface area contributed by atoms with Gasteiger partial charge in [0.05, 0.1) is 0 Å². The number of halogens is 1. The fraction of sp³-hybridized carbons (Fsp3) is 0.529. The number of carbonyl (C=O) groups excluding carboxylic acids is 1. The minimum atomic E-state index is 0. The number of carbonyl (C=O) groups is 1. The van der Waals surface area contributed by atoms with Crippen LogP contribution in [-0.4, -0.2) is 25.5 Å². The van der Waals surface area contributed by atoms with Crippen LogP contribution < -0.4 is 16.0 Å². The van der Waals surface area contributed by atoms with E-state index in [1.807, 2.05) is 31.2 Å². The molecule has 0 saturated heterocycles. The average Bonchev–Trinajstić information content (AvgIpc) is 2.52. The van der Waals surface area contributed by atoms with Crippen molar-refractivity contribution < 1.29 is 4.79 Å². The number of hydrogen-bond donors (Lipinski definition) is 3. The summed E-state index contributed by atoms with van der Waals surface area (Å²) in [6.45, 7) is 5.79. The van der Waals surface area contributed by atoms with Crippen molar-refractivity contribution in [3.63, 3.8) is 0 Å². The molecular formula is C17H29IN4O. The lowest BCUT2D eigenvalue weighted by Gasteiger charge is -2.12. The summed E-state index contributed by atoms with van der Waals surface area (Å²) in [4.78, 5) is 15.7. The first kappa shape index (κ1) is 21.7. The summed E-state index contributed by atoms with van der Waals surface area (Å²) in [5.74, 6) is 0.877. The minimum Gasteiger partial charge on any atom is -0.356 e. The Balaban J connectivity index is 0.00000484. The Labute approximate surface area is 156 Å². The number of unbranched alkanes of at least 4 members (excludes halogenated alkanes) is 1. The summed E-state index contributed by atoms with van der Waals surface area (Å²) in [5.41, 5.74) is 1.99. The van der Waals surface area contributed by atoms with E-state index in [2.05, 4.69) is 27.9 Å². The van der Waals surface area contributed by atoms with Gasteiger partial charge in [-0.1, -0.05) is 32.4 Å². The summed E-state index contributed by atoms with van der Waals surface area (Å²) in [6, 6.07) is 7.87. The Hall–Kier alpha value is -1.31. The third kappa shape index (κ3) is 9.43. The number of nitrogens with one attached hydrogen (secondary N) is 3. The lowest BCUT2D eigenvalue weighted by Crippen LogP contribution is -2.37. The average molecular weight is 432 g/mol. The van der Waals surface area contributed by atoms with E-state index in [0.29, 0.717) is 13.0 Å². The quantitative estimate of drug-likeness (QED) is 0.255. The van der Waals surface area contributed by atoms with Crippen LogP contribution in [0, 0.1) is 0 Å². The van der Waals surface area contributed by atoms with Gasteiger partial charge in [-0.05, 0) is 30.5 Å². The smallest absolute Gasteiger partial charge is 0.224 e. The summed E-state index contributed by atoms with van der Waals surface area (Å²) < 4.78 is 0. The van der Waals surface area contributed by atoms with Crippen molar-refractivity contribution in [2.45, 2.75) is 46.1 Å². The molecule has 130 valence electrons. The van der Waals surface area contributed by atoms with E-state index in [-0.39, 0.29) is 29.9 Å². The molecule has 0 spiro atoms. The first-order chi connectivity index (χ1) is 10.7. The van der Waals surface area contributed by atoms with Crippen molar-refractivity contribution in [3.8, 4) is 0 Å². The lowest BCUT2D eigenvalue weighted by molar-refractivity contribution is -0.116. The van der Waals surface area contributed by atoms with Gasteiger partial charge < -0.3 is 16.0 Å². The molecule has 1 aromatic carbocycles.